The predicted molar refractivity (Wildman–Crippen MR) is 85.9 cm³/mol. The zero-order chi connectivity index (χ0) is 15.8. The third kappa shape index (κ3) is 6.92. The summed E-state index contributed by atoms with van der Waals surface area (Å²) < 4.78 is 10.7. The second-order valence-corrected chi connectivity index (χ2v) is 11.1. The van der Waals surface area contributed by atoms with Crippen molar-refractivity contribution < 1.29 is 14.0 Å². The lowest BCUT2D eigenvalue weighted by molar-refractivity contribution is -0.140. The highest BCUT2D eigenvalue weighted by atomic mass is 28.4. The largest absolute Gasteiger partial charge is 0.469 e. The molecule has 0 aromatic carbocycles. The van der Waals surface area contributed by atoms with Crippen LogP contribution in [0.5, 0.6) is 0 Å². The van der Waals surface area contributed by atoms with Gasteiger partial charge >= 0.3 is 5.97 Å². The van der Waals surface area contributed by atoms with E-state index < -0.39 is 8.32 Å². The van der Waals surface area contributed by atoms with Crippen LogP contribution < -0.4 is 0 Å². The molecule has 0 radical (unpaired) electrons. The van der Waals surface area contributed by atoms with Gasteiger partial charge in [0, 0.05) is 12.8 Å². The van der Waals surface area contributed by atoms with Gasteiger partial charge in [0.15, 0.2) is 8.32 Å². The van der Waals surface area contributed by atoms with Crippen molar-refractivity contribution in [3.8, 4) is 12.3 Å². The van der Waals surface area contributed by atoms with Crippen LogP contribution in [-0.2, 0) is 14.0 Å². The monoisotopic (exact) mass is 296 g/mol. The summed E-state index contributed by atoms with van der Waals surface area (Å²) in [6, 6.07) is 0. The van der Waals surface area contributed by atoms with Gasteiger partial charge in [-0.25, -0.2) is 0 Å². The van der Waals surface area contributed by atoms with Crippen LogP contribution in [0.3, 0.4) is 0 Å². The molecular weight excluding hydrogens is 268 g/mol. The Morgan fingerprint density at radius 1 is 1.35 bits per heavy atom. The molecule has 0 rings (SSSR count). The second kappa shape index (κ2) is 8.28. The Bertz CT molecular complexity index is 372. The van der Waals surface area contributed by atoms with Crippen LogP contribution in [0.4, 0.5) is 0 Å². The molecule has 0 aromatic heterocycles. The molecule has 114 valence electrons. The molecule has 0 saturated heterocycles. The van der Waals surface area contributed by atoms with E-state index in [1.165, 1.54) is 7.11 Å². The van der Waals surface area contributed by atoms with Crippen LogP contribution in [-0.4, -0.2) is 27.5 Å². The van der Waals surface area contributed by atoms with E-state index in [1.54, 1.807) is 0 Å². The van der Waals surface area contributed by atoms with Crippen LogP contribution in [0.15, 0.2) is 12.2 Å². The first-order chi connectivity index (χ1) is 9.14. The Hall–Kier alpha value is -1.05. The first kappa shape index (κ1) is 18.9. The quantitative estimate of drug-likeness (QED) is 0.309. The minimum Gasteiger partial charge on any atom is -0.469 e. The number of hydrogen-bond acceptors (Lipinski definition) is 3. The number of allylic oxidation sites excluding steroid dienone is 1. The fourth-order valence-electron chi connectivity index (χ4n) is 1.32. The number of hydrogen-bond donors (Lipinski definition) is 0. The Morgan fingerprint density at radius 3 is 2.40 bits per heavy atom. The normalized spacial score (nSPS) is 14.1. The van der Waals surface area contributed by atoms with Crippen molar-refractivity contribution in [2.24, 2.45) is 0 Å². The van der Waals surface area contributed by atoms with Gasteiger partial charge in [0.25, 0.3) is 0 Å². The topological polar surface area (TPSA) is 35.5 Å². The van der Waals surface area contributed by atoms with E-state index in [2.05, 4.69) is 44.5 Å². The van der Waals surface area contributed by atoms with E-state index in [4.69, 9.17) is 10.8 Å². The van der Waals surface area contributed by atoms with Gasteiger partial charge in [0.05, 0.1) is 7.11 Å². The van der Waals surface area contributed by atoms with Crippen LogP contribution in [0.25, 0.3) is 0 Å². The van der Waals surface area contributed by atoms with Crippen molar-refractivity contribution in [3.05, 3.63) is 12.2 Å². The fraction of sp³-hybridized carbons (Fsp3) is 0.688. The Morgan fingerprint density at radius 2 is 1.95 bits per heavy atom. The van der Waals surface area contributed by atoms with Crippen LogP contribution >= 0.6 is 0 Å². The fourth-order valence-corrected chi connectivity index (χ4v) is 2.55. The van der Waals surface area contributed by atoms with Crippen molar-refractivity contribution in [1.82, 2.24) is 0 Å². The van der Waals surface area contributed by atoms with Gasteiger partial charge in [-0.1, -0.05) is 38.8 Å². The van der Waals surface area contributed by atoms with Crippen molar-refractivity contribution in [2.75, 3.05) is 7.11 Å². The molecule has 0 aliphatic heterocycles. The lowest BCUT2D eigenvalue weighted by Gasteiger charge is -2.37. The summed E-state index contributed by atoms with van der Waals surface area (Å²) in [6.07, 6.45) is 11.1. The number of terminal acetylenes is 1. The number of rotatable bonds is 7. The maximum Gasteiger partial charge on any atom is 0.305 e. The van der Waals surface area contributed by atoms with E-state index >= 15 is 0 Å². The van der Waals surface area contributed by atoms with E-state index in [1.807, 2.05) is 12.2 Å². The molecule has 0 fully saturated rings. The van der Waals surface area contributed by atoms with Crippen molar-refractivity contribution >= 4 is 14.3 Å². The van der Waals surface area contributed by atoms with Gasteiger partial charge in [-0.3, -0.25) is 4.79 Å². The summed E-state index contributed by atoms with van der Waals surface area (Å²) in [5.74, 6) is 2.52. The minimum absolute atomic E-state index is 0.150. The number of ether oxygens (including phenoxy) is 1. The summed E-state index contributed by atoms with van der Waals surface area (Å²) in [4.78, 5) is 11.0. The maximum atomic E-state index is 11.0. The van der Waals surface area contributed by atoms with Crippen molar-refractivity contribution in [2.45, 2.75) is 64.3 Å². The Labute approximate surface area is 124 Å². The number of esters is 1. The SMILES string of the molecule is C#C[C@H](C/C=C\CCC(=O)OC)O[Si](C)(C)C(C)(C)C. The first-order valence-electron chi connectivity index (χ1n) is 7.00. The number of carbonyl (C=O) groups excluding carboxylic acids is 1. The van der Waals surface area contributed by atoms with Crippen LogP contribution in [0.2, 0.25) is 18.1 Å². The predicted octanol–water partition coefficient (Wildman–Crippen LogP) is 3.91. The van der Waals surface area contributed by atoms with E-state index in [0.29, 0.717) is 19.3 Å². The first-order valence-corrected chi connectivity index (χ1v) is 9.90. The second-order valence-electron chi connectivity index (χ2n) is 6.36. The van der Waals surface area contributed by atoms with Gasteiger partial charge in [0.2, 0.25) is 0 Å². The van der Waals surface area contributed by atoms with Crippen molar-refractivity contribution in [3.63, 3.8) is 0 Å². The van der Waals surface area contributed by atoms with Crippen LogP contribution in [0.1, 0.15) is 40.0 Å². The highest BCUT2D eigenvalue weighted by molar-refractivity contribution is 6.74. The number of methoxy groups -OCH3 is 1. The molecule has 0 unspecified atom stereocenters. The third-order valence-electron chi connectivity index (χ3n) is 3.69. The minimum atomic E-state index is -1.83. The average molecular weight is 296 g/mol. The molecule has 0 amide bonds. The van der Waals surface area contributed by atoms with E-state index in [0.717, 1.165) is 0 Å². The molecule has 3 nitrogen and oxygen atoms in total. The molecule has 0 N–H and O–H groups in total. The Kier molecular flexibility index (Phi) is 7.85. The molecule has 0 heterocycles. The smallest absolute Gasteiger partial charge is 0.305 e. The molecular formula is C16H28O3Si. The summed E-state index contributed by atoms with van der Waals surface area (Å²) in [6.45, 7) is 11.0. The van der Waals surface area contributed by atoms with E-state index in [9.17, 15) is 4.79 Å². The van der Waals surface area contributed by atoms with Crippen LogP contribution in [0, 0.1) is 12.3 Å². The van der Waals surface area contributed by atoms with Gasteiger partial charge < -0.3 is 9.16 Å². The van der Waals surface area contributed by atoms with Gasteiger partial charge in [-0.15, -0.1) is 6.42 Å². The average Bonchev–Trinajstić information content (AvgIpc) is 2.34. The molecule has 0 spiro atoms. The summed E-state index contributed by atoms with van der Waals surface area (Å²) in [5.41, 5.74) is 0. The molecule has 0 saturated carbocycles. The number of carbonyl (C=O) groups is 1. The summed E-state index contributed by atoms with van der Waals surface area (Å²) in [7, 11) is -0.435. The molecule has 1 atom stereocenters. The zero-order valence-corrected chi connectivity index (χ0v) is 14.7. The Balaban J connectivity index is 4.28. The molecule has 0 aliphatic carbocycles. The molecule has 0 aliphatic rings. The van der Waals surface area contributed by atoms with Gasteiger partial charge in [-0.2, -0.15) is 0 Å². The standard InChI is InChI=1S/C16H28O3Si/c1-8-14(19-20(6,7)16(2,3)4)12-10-9-11-13-15(17)18-5/h1,9-10,14H,11-13H2,2-7H3/b10-9-/t14-/m1/s1. The molecule has 0 bridgehead atoms. The summed E-state index contributed by atoms with van der Waals surface area (Å²) in [5, 5.41) is 0.150. The molecule has 4 heteroatoms. The summed E-state index contributed by atoms with van der Waals surface area (Å²) >= 11 is 0. The lowest BCUT2D eigenvalue weighted by atomic mass is 10.2. The third-order valence-corrected chi connectivity index (χ3v) is 8.17. The lowest BCUT2D eigenvalue weighted by Crippen LogP contribution is -2.43. The van der Waals surface area contributed by atoms with Gasteiger partial charge in [-0.05, 0) is 24.6 Å². The zero-order valence-electron chi connectivity index (χ0n) is 13.7. The maximum absolute atomic E-state index is 11.0. The van der Waals surface area contributed by atoms with E-state index in [-0.39, 0.29) is 17.1 Å². The highest BCUT2D eigenvalue weighted by Gasteiger charge is 2.38. The van der Waals surface area contributed by atoms with Crippen molar-refractivity contribution in [1.29, 1.82) is 0 Å². The molecule has 0 aromatic rings. The van der Waals surface area contributed by atoms with Gasteiger partial charge in [0.1, 0.15) is 6.10 Å². The highest BCUT2D eigenvalue weighted by Crippen LogP contribution is 2.37. The molecule has 20 heavy (non-hydrogen) atoms.